The van der Waals surface area contributed by atoms with E-state index < -0.39 is 17.7 Å². The minimum atomic E-state index is -0.769. The van der Waals surface area contributed by atoms with Crippen LogP contribution < -0.4 is 10.2 Å². The summed E-state index contributed by atoms with van der Waals surface area (Å²) >= 11 is 0. The molecule has 1 saturated heterocycles. The summed E-state index contributed by atoms with van der Waals surface area (Å²) < 4.78 is 33.7. The number of aryl methyl sites for hydroxylation is 1. The molecule has 1 aliphatic rings. The molecule has 2 aromatic carbocycles. The number of nitrogens with one attached hydrogen (secondary N) is 1. The number of anilines is 1. The maximum atomic E-state index is 14.2. The van der Waals surface area contributed by atoms with Gasteiger partial charge in [0.2, 0.25) is 0 Å². The van der Waals surface area contributed by atoms with Crippen LogP contribution in [0.25, 0.3) is 5.69 Å². The third-order valence-corrected chi connectivity index (χ3v) is 5.09. The van der Waals surface area contributed by atoms with E-state index in [9.17, 15) is 18.4 Å². The topological polar surface area (TPSA) is 76.5 Å². The standard InChI is InChI=1S/C22H20F2N4O3/c1-13-20(14(2)28(26-13)19-7-6-16(23)11-18(19)24)21(29)25-12-15-4-3-5-17(10-15)27-8-9-31-22(27)30/h3-7,10-11H,8-9,12H2,1-2H3,(H,25,29). The molecule has 1 N–H and O–H groups in total. The molecule has 0 unspecified atom stereocenters. The van der Waals surface area contributed by atoms with Crippen LogP contribution in [0, 0.1) is 25.5 Å². The van der Waals surface area contributed by atoms with Gasteiger partial charge in [-0.1, -0.05) is 12.1 Å². The molecular weight excluding hydrogens is 406 g/mol. The lowest BCUT2D eigenvalue weighted by Gasteiger charge is -2.14. The summed E-state index contributed by atoms with van der Waals surface area (Å²) in [6, 6.07) is 10.4. The summed E-state index contributed by atoms with van der Waals surface area (Å²) in [4.78, 5) is 26.1. The smallest absolute Gasteiger partial charge is 0.414 e. The van der Waals surface area contributed by atoms with Gasteiger partial charge in [0.1, 0.15) is 18.1 Å². The summed E-state index contributed by atoms with van der Waals surface area (Å²) in [5.41, 5.74) is 2.75. The third-order valence-electron chi connectivity index (χ3n) is 5.09. The second-order valence-electron chi connectivity index (χ2n) is 7.17. The van der Waals surface area contributed by atoms with Crippen LogP contribution in [0.1, 0.15) is 27.3 Å². The summed E-state index contributed by atoms with van der Waals surface area (Å²) in [6.07, 6.45) is -0.395. The van der Waals surface area contributed by atoms with Gasteiger partial charge in [0, 0.05) is 18.3 Å². The van der Waals surface area contributed by atoms with Crippen LogP contribution in [-0.4, -0.2) is 34.9 Å². The molecule has 7 nitrogen and oxygen atoms in total. The number of carbonyl (C=O) groups is 2. The summed E-state index contributed by atoms with van der Waals surface area (Å²) in [6.45, 7) is 4.35. The van der Waals surface area contributed by atoms with Crippen LogP contribution in [0.3, 0.4) is 0 Å². The molecule has 1 aromatic heterocycles. The van der Waals surface area contributed by atoms with Crippen LogP contribution in [0.4, 0.5) is 19.3 Å². The van der Waals surface area contributed by atoms with Crippen LogP contribution in [-0.2, 0) is 11.3 Å². The number of aromatic nitrogens is 2. The van der Waals surface area contributed by atoms with Crippen LogP contribution in [0.5, 0.6) is 0 Å². The van der Waals surface area contributed by atoms with E-state index in [-0.39, 0.29) is 18.1 Å². The van der Waals surface area contributed by atoms with Crippen molar-refractivity contribution in [2.45, 2.75) is 20.4 Å². The van der Waals surface area contributed by atoms with Crippen molar-refractivity contribution in [2.24, 2.45) is 0 Å². The van der Waals surface area contributed by atoms with Crippen molar-refractivity contribution in [3.63, 3.8) is 0 Å². The number of cyclic esters (lactones) is 1. The van der Waals surface area contributed by atoms with E-state index in [1.165, 1.54) is 15.6 Å². The number of halogens is 2. The Morgan fingerprint density at radius 1 is 1.19 bits per heavy atom. The molecular formula is C22H20F2N4O3. The number of amides is 2. The molecule has 1 fully saturated rings. The second kappa shape index (κ2) is 8.17. The van der Waals surface area contributed by atoms with Gasteiger partial charge in [-0.3, -0.25) is 9.69 Å². The maximum absolute atomic E-state index is 14.2. The van der Waals surface area contributed by atoms with Gasteiger partial charge in [-0.25, -0.2) is 18.3 Å². The van der Waals surface area contributed by atoms with Gasteiger partial charge in [0.05, 0.1) is 23.5 Å². The van der Waals surface area contributed by atoms with Crippen molar-refractivity contribution >= 4 is 17.7 Å². The number of nitrogens with zero attached hydrogens (tertiary/aromatic N) is 3. The first-order valence-electron chi connectivity index (χ1n) is 9.68. The Labute approximate surface area is 177 Å². The van der Waals surface area contributed by atoms with Crippen molar-refractivity contribution in [1.29, 1.82) is 0 Å². The lowest BCUT2D eigenvalue weighted by atomic mass is 10.1. The van der Waals surface area contributed by atoms with Gasteiger partial charge < -0.3 is 10.1 Å². The lowest BCUT2D eigenvalue weighted by molar-refractivity contribution is 0.0949. The van der Waals surface area contributed by atoms with Gasteiger partial charge in [0.25, 0.3) is 5.91 Å². The Hall–Kier alpha value is -3.75. The Morgan fingerprint density at radius 3 is 2.71 bits per heavy atom. The Bertz CT molecular complexity index is 1180. The molecule has 0 bridgehead atoms. The average Bonchev–Trinajstić information content (AvgIpc) is 3.29. The molecule has 4 rings (SSSR count). The van der Waals surface area contributed by atoms with Crippen molar-refractivity contribution in [3.8, 4) is 5.69 Å². The van der Waals surface area contributed by atoms with E-state index >= 15 is 0 Å². The van der Waals surface area contributed by atoms with E-state index in [4.69, 9.17) is 4.74 Å². The molecule has 31 heavy (non-hydrogen) atoms. The molecule has 0 atom stereocenters. The molecule has 2 amide bonds. The summed E-state index contributed by atoms with van der Waals surface area (Å²) in [5, 5.41) is 7.09. The van der Waals surface area contributed by atoms with Crippen LogP contribution in [0.15, 0.2) is 42.5 Å². The highest BCUT2D eigenvalue weighted by atomic mass is 19.1. The molecule has 9 heteroatoms. The molecule has 0 saturated carbocycles. The van der Waals surface area contributed by atoms with Gasteiger partial charge in [-0.2, -0.15) is 5.10 Å². The van der Waals surface area contributed by atoms with Gasteiger partial charge in [-0.05, 0) is 43.7 Å². The molecule has 0 aliphatic carbocycles. The highest BCUT2D eigenvalue weighted by Gasteiger charge is 2.24. The largest absolute Gasteiger partial charge is 0.447 e. The Balaban J connectivity index is 1.52. The number of benzene rings is 2. The maximum Gasteiger partial charge on any atom is 0.414 e. The fourth-order valence-corrected chi connectivity index (χ4v) is 3.59. The van der Waals surface area contributed by atoms with Crippen LogP contribution in [0.2, 0.25) is 0 Å². The lowest BCUT2D eigenvalue weighted by Crippen LogP contribution is -2.25. The van der Waals surface area contributed by atoms with E-state index in [1.54, 1.807) is 26.0 Å². The summed E-state index contributed by atoms with van der Waals surface area (Å²) in [5.74, 6) is -1.82. The number of hydrogen-bond donors (Lipinski definition) is 1. The molecule has 2 heterocycles. The number of carbonyl (C=O) groups excluding carboxylic acids is 2. The van der Waals surface area contributed by atoms with E-state index in [2.05, 4.69) is 10.4 Å². The van der Waals surface area contributed by atoms with Crippen molar-refractivity contribution in [2.75, 3.05) is 18.1 Å². The van der Waals surface area contributed by atoms with Crippen LogP contribution >= 0.6 is 0 Å². The van der Waals surface area contributed by atoms with Crippen molar-refractivity contribution in [1.82, 2.24) is 15.1 Å². The number of rotatable bonds is 5. The number of hydrogen-bond acceptors (Lipinski definition) is 4. The molecule has 160 valence electrons. The number of ether oxygens (including phenoxy) is 1. The highest BCUT2D eigenvalue weighted by Crippen LogP contribution is 2.22. The van der Waals surface area contributed by atoms with Gasteiger partial charge in [0.15, 0.2) is 5.82 Å². The van der Waals surface area contributed by atoms with Crippen molar-refractivity contribution in [3.05, 3.63) is 76.6 Å². The first-order chi connectivity index (χ1) is 14.8. The zero-order chi connectivity index (χ0) is 22.1. The van der Waals surface area contributed by atoms with E-state index in [0.717, 1.165) is 17.7 Å². The zero-order valence-corrected chi connectivity index (χ0v) is 17.0. The quantitative estimate of drug-likeness (QED) is 0.676. The van der Waals surface area contributed by atoms with E-state index in [1.807, 2.05) is 12.1 Å². The zero-order valence-electron chi connectivity index (χ0n) is 17.0. The Morgan fingerprint density at radius 2 is 2.00 bits per heavy atom. The fourth-order valence-electron chi connectivity index (χ4n) is 3.59. The van der Waals surface area contributed by atoms with E-state index in [0.29, 0.717) is 35.8 Å². The minimum Gasteiger partial charge on any atom is -0.447 e. The SMILES string of the molecule is Cc1nn(-c2ccc(F)cc2F)c(C)c1C(=O)NCc1cccc(N2CCOC2=O)c1. The molecule has 1 aliphatic heterocycles. The third kappa shape index (κ3) is 3.98. The predicted octanol–water partition coefficient (Wildman–Crippen LogP) is 3.65. The average molecular weight is 426 g/mol. The summed E-state index contributed by atoms with van der Waals surface area (Å²) in [7, 11) is 0. The Kier molecular flexibility index (Phi) is 5.41. The fraction of sp³-hybridized carbons (Fsp3) is 0.227. The first kappa shape index (κ1) is 20.5. The predicted molar refractivity (Wildman–Crippen MR) is 109 cm³/mol. The first-order valence-corrected chi connectivity index (χ1v) is 9.68. The normalized spacial score (nSPS) is 13.4. The second-order valence-corrected chi connectivity index (χ2v) is 7.17. The minimum absolute atomic E-state index is 0.0613. The monoisotopic (exact) mass is 426 g/mol. The molecule has 3 aromatic rings. The highest BCUT2D eigenvalue weighted by molar-refractivity contribution is 5.96. The molecule has 0 spiro atoms. The van der Waals surface area contributed by atoms with Crippen molar-refractivity contribution < 1.29 is 23.1 Å². The van der Waals surface area contributed by atoms with Gasteiger partial charge >= 0.3 is 6.09 Å². The van der Waals surface area contributed by atoms with Gasteiger partial charge in [-0.15, -0.1) is 0 Å². The molecule has 0 radical (unpaired) electrons.